The van der Waals surface area contributed by atoms with Crippen molar-refractivity contribution < 1.29 is 9.53 Å². The van der Waals surface area contributed by atoms with Crippen LogP contribution in [0.25, 0.3) is 10.9 Å². The predicted octanol–water partition coefficient (Wildman–Crippen LogP) is 2.90. The second-order valence-corrected chi connectivity index (χ2v) is 7.32. The van der Waals surface area contributed by atoms with Crippen LogP contribution in [0.4, 0.5) is 0 Å². The molecule has 0 spiro atoms. The van der Waals surface area contributed by atoms with Crippen LogP contribution in [0, 0.1) is 4.77 Å². The van der Waals surface area contributed by atoms with E-state index in [4.69, 9.17) is 17.0 Å². The molecule has 6 nitrogen and oxygen atoms in total. The number of rotatable bonds is 4. The number of H-pyrrole nitrogens is 1. The highest BCUT2D eigenvalue weighted by Crippen LogP contribution is 2.18. The number of benzene rings is 2. The molecular weight excluding hydrogens is 374 g/mol. The minimum absolute atomic E-state index is 0.146. The van der Waals surface area contributed by atoms with Gasteiger partial charge in [0.05, 0.1) is 23.6 Å². The van der Waals surface area contributed by atoms with E-state index in [-0.39, 0.29) is 5.56 Å². The van der Waals surface area contributed by atoms with Crippen LogP contribution in [0.3, 0.4) is 0 Å². The Morgan fingerprint density at radius 1 is 1.18 bits per heavy atom. The third kappa shape index (κ3) is 3.50. The van der Waals surface area contributed by atoms with Crippen LogP contribution < -0.4 is 5.56 Å². The van der Waals surface area contributed by atoms with Crippen molar-refractivity contribution in [2.24, 2.45) is 0 Å². The molecule has 144 valence electrons. The number of aromatic nitrogens is 2. The lowest BCUT2D eigenvalue weighted by Gasteiger charge is -2.28. The number of ether oxygens (including phenoxy) is 1. The lowest BCUT2D eigenvalue weighted by molar-refractivity contribution is 0.0601. The summed E-state index contributed by atoms with van der Waals surface area (Å²) in [5.74, 6) is -0.448. The van der Waals surface area contributed by atoms with E-state index in [0.717, 1.165) is 26.1 Å². The third-order valence-corrected chi connectivity index (χ3v) is 5.57. The lowest BCUT2D eigenvalue weighted by atomic mass is 10.00. The van der Waals surface area contributed by atoms with E-state index >= 15 is 0 Å². The van der Waals surface area contributed by atoms with Gasteiger partial charge in [-0.15, -0.1) is 0 Å². The van der Waals surface area contributed by atoms with E-state index in [0.29, 0.717) is 27.8 Å². The first kappa shape index (κ1) is 18.6. The van der Waals surface area contributed by atoms with E-state index in [2.05, 4.69) is 34.1 Å². The first-order chi connectivity index (χ1) is 13.6. The first-order valence-electron chi connectivity index (χ1n) is 9.21. The van der Waals surface area contributed by atoms with Crippen molar-refractivity contribution in [2.45, 2.75) is 19.5 Å². The van der Waals surface area contributed by atoms with Crippen molar-refractivity contribution in [1.29, 1.82) is 0 Å². The fraction of sp³-hybridized carbons (Fsp3) is 0.286. The predicted molar refractivity (Wildman–Crippen MR) is 110 cm³/mol. The zero-order valence-electron chi connectivity index (χ0n) is 15.6. The van der Waals surface area contributed by atoms with Crippen molar-refractivity contribution >= 4 is 29.1 Å². The minimum Gasteiger partial charge on any atom is -0.465 e. The summed E-state index contributed by atoms with van der Waals surface area (Å²) >= 11 is 5.41. The number of carbonyl (C=O) groups is 1. The van der Waals surface area contributed by atoms with Crippen molar-refractivity contribution in [2.75, 3.05) is 20.2 Å². The number of hydrogen-bond acceptors (Lipinski definition) is 5. The molecule has 2 aromatic carbocycles. The Kier molecular flexibility index (Phi) is 5.11. The summed E-state index contributed by atoms with van der Waals surface area (Å²) in [5, 5.41) is 0.505. The topological polar surface area (TPSA) is 67.3 Å². The Balaban J connectivity index is 1.57. The molecule has 0 aliphatic carbocycles. The standard InChI is InChI=1S/C21H21N3O3S/c1-27-20(26)15-6-7-17-18(12-15)22-21(28)24(19(17)25)11-10-23-9-8-14-4-2-3-5-16(14)13-23/h2-7,12H,8-11,13H2,1H3,(H,22,28). The van der Waals surface area contributed by atoms with Crippen LogP contribution in [0.5, 0.6) is 0 Å². The summed E-state index contributed by atoms with van der Waals surface area (Å²) in [7, 11) is 1.33. The van der Waals surface area contributed by atoms with Gasteiger partial charge in [-0.1, -0.05) is 24.3 Å². The molecule has 0 atom stereocenters. The average Bonchev–Trinajstić information content (AvgIpc) is 2.72. The SMILES string of the molecule is COC(=O)c1ccc2c(=O)n(CCN3CCc4ccccc4C3)c(=S)[nH]c2c1. The van der Waals surface area contributed by atoms with Crippen molar-refractivity contribution in [1.82, 2.24) is 14.5 Å². The van der Waals surface area contributed by atoms with E-state index in [9.17, 15) is 9.59 Å². The van der Waals surface area contributed by atoms with Gasteiger partial charge in [0, 0.05) is 26.2 Å². The Hall–Kier alpha value is -2.77. The van der Waals surface area contributed by atoms with Crippen LogP contribution in [0.1, 0.15) is 21.5 Å². The molecule has 4 rings (SSSR count). The van der Waals surface area contributed by atoms with E-state index in [1.807, 2.05) is 0 Å². The van der Waals surface area contributed by atoms with Crippen molar-refractivity contribution in [3.63, 3.8) is 0 Å². The maximum atomic E-state index is 12.9. The molecular formula is C21H21N3O3S. The highest BCUT2D eigenvalue weighted by atomic mass is 32.1. The molecule has 1 N–H and O–H groups in total. The maximum absolute atomic E-state index is 12.9. The molecule has 3 aromatic rings. The molecule has 2 heterocycles. The maximum Gasteiger partial charge on any atom is 0.337 e. The van der Waals surface area contributed by atoms with E-state index in [1.165, 1.54) is 18.2 Å². The number of nitrogens with zero attached hydrogens (tertiary/aromatic N) is 2. The number of nitrogens with one attached hydrogen (secondary N) is 1. The molecule has 7 heteroatoms. The number of carbonyl (C=O) groups excluding carboxylic acids is 1. The number of hydrogen-bond donors (Lipinski definition) is 1. The zero-order chi connectivity index (χ0) is 19.7. The Bertz CT molecular complexity index is 1170. The lowest BCUT2D eigenvalue weighted by Crippen LogP contribution is -2.35. The van der Waals surface area contributed by atoms with Gasteiger partial charge in [-0.25, -0.2) is 4.79 Å². The molecule has 0 fully saturated rings. The molecule has 1 aromatic heterocycles. The number of esters is 1. The fourth-order valence-electron chi connectivity index (χ4n) is 3.69. The second kappa shape index (κ2) is 7.69. The van der Waals surface area contributed by atoms with Gasteiger partial charge in [0.15, 0.2) is 4.77 Å². The van der Waals surface area contributed by atoms with Crippen LogP contribution in [-0.4, -0.2) is 40.6 Å². The average molecular weight is 395 g/mol. The Morgan fingerprint density at radius 3 is 2.75 bits per heavy atom. The molecule has 1 aliphatic rings. The molecule has 0 saturated carbocycles. The van der Waals surface area contributed by atoms with Crippen LogP contribution in [0.2, 0.25) is 0 Å². The first-order valence-corrected chi connectivity index (χ1v) is 9.62. The molecule has 0 amide bonds. The summed E-state index contributed by atoms with van der Waals surface area (Å²) in [5.41, 5.74) is 3.53. The number of fused-ring (bicyclic) bond motifs is 2. The smallest absolute Gasteiger partial charge is 0.337 e. The van der Waals surface area contributed by atoms with Gasteiger partial charge in [-0.05, 0) is 48.0 Å². The van der Waals surface area contributed by atoms with Gasteiger partial charge in [0.1, 0.15) is 0 Å². The number of aromatic amines is 1. The summed E-state index contributed by atoms with van der Waals surface area (Å²) < 4.78 is 6.68. The third-order valence-electron chi connectivity index (χ3n) is 5.25. The largest absolute Gasteiger partial charge is 0.465 e. The van der Waals surface area contributed by atoms with Gasteiger partial charge in [0.25, 0.3) is 5.56 Å². The van der Waals surface area contributed by atoms with Gasteiger partial charge in [0.2, 0.25) is 0 Å². The Labute approximate surface area is 167 Å². The van der Waals surface area contributed by atoms with Crippen molar-refractivity contribution in [3.05, 3.63) is 74.3 Å². The second-order valence-electron chi connectivity index (χ2n) is 6.93. The van der Waals surface area contributed by atoms with E-state index in [1.54, 1.807) is 22.8 Å². The highest BCUT2D eigenvalue weighted by Gasteiger charge is 2.16. The van der Waals surface area contributed by atoms with E-state index < -0.39 is 5.97 Å². The van der Waals surface area contributed by atoms with Gasteiger partial charge < -0.3 is 9.72 Å². The molecule has 1 aliphatic heterocycles. The van der Waals surface area contributed by atoms with Gasteiger partial charge in [-0.3, -0.25) is 14.3 Å². The molecule has 0 unspecified atom stereocenters. The quantitative estimate of drug-likeness (QED) is 0.544. The van der Waals surface area contributed by atoms with Crippen LogP contribution in [0.15, 0.2) is 47.3 Å². The summed E-state index contributed by atoms with van der Waals surface area (Å²) in [4.78, 5) is 30.0. The summed E-state index contributed by atoms with van der Waals surface area (Å²) in [6, 6.07) is 13.3. The minimum atomic E-state index is -0.448. The summed E-state index contributed by atoms with van der Waals surface area (Å²) in [6.07, 6.45) is 1.02. The van der Waals surface area contributed by atoms with Crippen LogP contribution >= 0.6 is 12.2 Å². The summed E-state index contributed by atoms with van der Waals surface area (Å²) in [6.45, 7) is 3.12. The molecule has 0 radical (unpaired) electrons. The monoisotopic (exact) mass is 395 g/mol. The van der Waals surface area contributed by atoms with Crippen molar-refractivity contribution in [3.8, 4) is 0 Å². The molecule has 0 bridgehead atoms. The number of methoxy groups -OCH3 is 1. The van der Waals surface area contributed by atoms with Gasteiger partial charge in [-0.2, -0.15) is 0 Å². The zero-order valence-corrected chi connectivity index (χ0v) is 16.4. The van der Waals surface area contributed by atoms with Gasteiger partial charge >= 0.3 is 5.97 Å². The highest BCUT2D eigenvalue weighted by molar-refractivity contribution is 7.71. The Morgan fingerprint density at radius 2 is 1.96 bits per heavy atom. The van der Waals surface area contributed by atoms with Crippen LogP contribution in [-0.2, 0) is 24.2 Å². The normalized spacial score (nSPS) is 14.0. The molecule has 0 saturated heterocycles. The fourth-order valence-corrected chi connectivity index (χ4v) is 3.97. The molecule has 28 heavy (non-hydrogen) atoms.